The summed E-state index contributed by atoms with van der Waals surface area (Å²) in [6.07, 6.45) is 0. The minimum absolute atomic E-state index is 0.140. The van der Waals surface area contributed by atoms with Crippen molar-refractivity contribution in [1.82, 2.24) is 4.90 Å². The first-order chi connectivity index (χ1) is 11.5. The van der Waals surface area contributed by atoms with E-state index in [1.165, 1.54) is 18.2 Å². The molecule has 4 heteroatoms. The van der Waals surface area contributed by atoms with Gasteiger partial charge in [-0.3, -0.25) is 4.90 Å². The monoisotopic (exact) mass is 325 g/mol. The van der Waals surface area contributed by atoms with Crippen LogP contribution in [0.4, 0.5) is 0 Å². The Morgan fingerprint density at radius 2 is 1.83 bits per heavy atom. The first-order valence-electron chi connectivity index (χ1n) is 8.06. The van der Waals surface area contributed by atoms with Crippen LogP contribution in [0.15, 0.2) is 42.5 Å². The zero-order valence-electron chi connectivity index (χ0n) is 14.6. The number of hydrogen-bond donors (Lipinski definition) is 0. The number of esters is 1. The van der Waals surface area contributed by atoms with Gasteiger partial charge in [0.2, 0.25) is 0 Å². The van der Waals surface area contributed by atoms with Crippen molar-refractivity contribution in [2.75, 3.05) is 14.2 Å². The van der Waals surface area contributed by atoms with E-state index in [4.69, 9.17) is 9.47 Å². The number of carbonyl (C=O) groups is 1. The molecular formula is C20H23NO3. The van der Waals surface area contributed by atoms with Crippen molar-refractivity contribution in [1.29, 1.82) is 0 Å². The molecule has 0 saturated heterocycles. The third kappa shape index (κ3) is 2.78. The van der Waals surface area contributed by atoms with Gasteiger partial charge < -0.3 is 9.47 Å². The molecule has 3 rings (SSSR count). The molecule has 2 aromatic carbocycles. The number of fused-ring (bicyclic) bond motifs is 1. The lowest BCUT2D eigenvalue weighted by Gasteiger charge is -2.32. The normalized spacial score (nSPS) is 15.8. The second-order valence-corrected chi connectivity index (χ2v) is 6.59. The fourth-order valence-electron chi connectivity index (χ4n) is 3.40. The lowest BCUT2D eigenvalue weighted by molar-refractivity contribution is 0.0598. The summed E-state index contributed by atoms with van der Waals surface area (Å²) in [6, 6.07) is 14.0. The van der Waals surface area contributed by atoms with Crippen molar-refractivity contribution < 1.29 is 14.3 Å². The summed E-state index contributed by atoms with van der Waals surface area (Å²) in [5.74, 6) is 0.588. The fourth-order valence-corrected chi connectivity index (χ4v) is 3.40. The Balaban J connectivity index is 1.90. The summed E-state index contributed by atoms with van der Waals surface area (Å²) < 4.78 is 10.2. The van der Waals surface area contributed by atoms with Gasteiger partial charge in [-0.1, -0.05) is 24.3 Å². The highest BCUT2D eigenvalue weighted by Gasteiger charge is 2.39. The van der Waals surface area contributed by atoms with Gasteiger partial charge in [0.15, 0.2) is 0 Å². The van der Waals surface area contributed by atoms with Gasteiger partial charge >= 0.3 is 5.97 Å². The topological polar surface area (TPSA) is 38.8 Å². The van der Waals surface area contributed by atoms with Crippen molar-refractivity contribution in [3.8, 4) is 5.75 Å². The molecule has 0 aromatic heterocycles. The zero-order chi connectivity index (χ0) is 17.3. The molecule has 1 heterocycles. The van der Waals surface area contributed by atoms with Crippen LogP contribution >= 0.6 is 0 Å². The van der Waals surface area contributed by atoms with Crippen molar-refractivity contribution in [2.24, 2.45) is 0 Å². The lowest BCUT2D eigenvalue weighted by Crippen LogP contribution is -2.34. The summed E-state index contributed by atoms with van der Waals surface area (Å²) in [5.41, 5.74) is 4.01. The quantitative estimate of drug-likeness (QED) is 0.803. The van der Waals surface area contributed by atoms with Crippen molar-refractivity contribution in [3.05, 3.63) is 64.7 Å². The Labute approximate surface area is 143 Å². The Morgan fingerprint density at radius 3 is 2.46 bits per heavy atom. The van der Waals surface area contributed by atoms with Gasteiger partial charge in [-0.2, -0.15) is 0 Å². The predicted octanol–water partition coefficient (Wildman–Crippen LogP) is 3.73. The maximum absolute atomic E-state index is 12.1. The molecule has 4 nitrogen and oxygen atoms in total. The highest BCUT2D eigenvalue weighted by molar-refractivity contribution is 5.91. The summed E-state index contributed by atoms with van der Waals surface area (Å²) in [6.45, 7) is 5.94. The fraction of sp³-hybridized carbons (Fsp3) is 0.350. The van der Waals surface area contributed by atoms with Crippen LogP contribution in [-0.2, 0) is 23.4 Å². The predicted molar refractivity (Wildman–Crippen MR) is 93.0 cm³/mol. The van der Waals surface area contributed by atoms with E-state index in [-0.39, 0.29) is 11.5 Å². The van der Waals surface area contributed by atoms with Crippen molar-refractivity contribution in [2.45, 2.75) is 32.5 Å². The Hall–Kier alpha value is -2.33. The zero-order valence-corrected chi connectivity index (χ0v) is 14.6. The average molecular weight is 325 g/mol. The molecule has 0 fully saturated rings. The number of methoxy groups -OCH3 is 2. The number of ether oxygens (including phenoxy) is 2. The molecule has 0 bridgehead atoms. The minimum Gasteiger partial charge on any atom is -0.497 e. The number of hydrogen-bond acceptors (Lipinski definition) is 4. The van der Waals surface area contributed by atoms with E-state index in [1.807, 2.05) is 24.3 Å². The summed E-state index contributed by atoms with van der Waals surface area (Å²) in [7, 11) is 3.10. The molecule has 0 amide bonds. The maximum Gasteiger partial charge on any atom is 0.338 e. The Bertz CT molecular complexity index is 750. The van der Waals surface area contributed by atoms with Crippen molar-refractivity contribution in [3.63, 3.8) is 0 Å². The molecule has 2 aromatic rings. The molecule has 126 valence electrons. The van der Waals surface area contributed by atoms with E-state index >= 15 is 0 Å². The van der Waals surface area contributed by atoms with E-state index in [9.17, 15) is 4.79 Å². The summed E-state index contributed by atoms with van der Waals surface area (Å²) in [4.78, 5) is 14.4. The third-order valence-corrected chi connectivity index (χ3v) is 4.91. The minimum atomic E-state index is -0.269. The number of carbonyl (C=O) groups excluding carboxylic acids is 1. The molecule has 0 spiro atoms. The SMILES string of the molecule is COC(=O)c1cccc2c1CN(Cc1ccc(OC)cc1)C2(C)C. The van der Waals surface area contributed by atoms with Crippen molar-refractivity contribution >= 4 is 5.97 Å². The van der Waals surface area contributed by atoms with Crippen LogP contribution in [0.5, 0.6) is 5.75 Å². The van der Waals surface area contributed by atoms with Gasteiger partial charge in [0.05, 0.1) is 19.8 Å². The average Bonchev–Trinajstić information content (AvgIpc) is 2.85. The lowest BCUT2D eigenvalue weighted by atomic mass is 9.91. The third-order valence-electron chi connectivity index (χ3n) is 4.91. The van der Waals surface area contributed by atoms with E-state index in [0.717, 1.165) is 24.4 Å². The number of benzene rings is 2. The molecule has 0 unspecified atom stereocenters. The molecule has 0 aliphatic carbocycles. The molecule has 0 N–H and O–H groups in total. The van der Waals surface area contributed by atoms with E-state index in [2.05, 4.69) is 36.9 Å². The van der Waals surface area contributed by atoms with E-state index in [1.54, 1.807) is 7.11 Å². The van der Waals surface area contributed by atoms with Gasteiger partial charge in [0.1, 0.15) is 5.75 Å². The molecular weight excluding hydrogens is 302 g/mol. The van der Waals surface area contributed by atoms with Gasteiger partial charge in [-0.25, -0.2) is 4.79 Å². The van der Waals surface area contributed by atoms with Crippen LogP contribution in [0, 0.1) is 0 Å². The molecule has 1 aliphatic rings. The molecule has 0 radical (unpaired) electrons. The van der Waals surface area contributed by atoms with Gasteiger partial charge in [0, 0.05) is 18.6 Å². The van der Waals surface area contributed by atoms with Crippen LogP contribution in [0.25, 0.3) is 0 Å². The molecule has 0 atom stereocenters. The van der Waals surface area contributed by atoms with Gasteiger partial charge in [-0.15, -0.1) is 0 Å². The van der Waals surface area contributed by atoms with Crippen LogP contribution in [0.2, 0.25) is 0 Å². The number of nitrogens with zero attached hydrogens (tertiary/aromatic N) is 1. The van der Waals surface area contributed by atoms with Crippen LogP contribution in [0.3, 0.4) is 0 Å². The first kappa shape index (κ1) is 16.5. The highest BCUT2D eigenvalue weighted by Crippen LogP contribution is 2.41. The largest absolute Gasteiger partial charge is 0.497 e. The van der Waals surface area contributed by atoms with Crippen LogP contribution < -0.4 is 4.74 Å². The second kappa shape index (κ2) is 6.29. The van der Waals surface area contributed by atoms with Gasteiger partial charge in [0.25, 0.3) is 0 Å². The summed E-state index contributed by atoms with van der Waals surface area (Å²) >= 11 is 0. The van der Waals surface area contributed by atoms with E-state index in [0.29, 0.717) is 5.56 Å². The summed E-state index contributed by atoms with van der Waals surface area (Å²) in [5, 5.41) is 0. The second-order valence-electron chi connectivity index (χ2n) is 6.59. The Morgan fingerprint density at radius 1 is 1.12 bits per heavy atom. The molecule has 1 aliphatic heterocycles. The maximum atomic E-state index is 12.1. The van der Waals surface area contributed by atoms with Gasteiger partial charge in [-0.05, 0) is 48.7 Å². The Kier molecular flexibility index (Phi) is 4.33. The van der Waals surface area contributed by atoms with Crippen LogP contribution in [-0.4, -0.2) is 25.1 Å². The highest BCUT2D eigenvalue weighted by atomic mass is 16.5. The molecule has 24 heavy (non-hydrogen) atoms. The smallest absolute Gasteiger partial charge is 0.338 e. The molecule has 0 saturated carbocycles. The number of rotatable bonds is 4. The van der Waals surface area contributed by atoms with Crippen LogP contribution in [0.1, 0.15) is 40.9 Å². The first-order valence-corrected chi connectivity index (χ1v) is 8.06. The van der Waals surface area contributed by atoms with E-state index < -0.39 is 0 Å². The standard InChI is InChI=1S/C20H23NO3/c1-20(2)18-7-5-6-16(19(22)24-4)17(18)13-21(20)12-14-8-10-15(23-3)11-9-14/h5-11H,12-13H2,1-4H3.